The minimum atomic E-state index is -1.12. The van der Waals surface area contributed by atoms with Gasteiger partial charge in [-0.3, -0.25) is 19.2 Å². The third-order valence-electron chi connectivity index (χ3n) is 4.50. The van der Waals surface area contributed by atoms with E-state index in [1.54, 1.807) is 6.08 Å². The number of nitrogens with zero attached hydrogens (tertiary/aromatic N) is 3. The second kappa shape index (κ2) is 14.3. The molecule has 0 spiro atoms. The van der Waals surface area contributed by atoms with E-state index in [4.69, 9.17) is 4.52 Å². The van der Waals surface area contributed by atoms with Gasteiger partial charge in [-0.25, -0.2) is 4.79 Å². The Hall–Kier alpha value is -4.12. The predicted octanol–water partition coefficient (Wildman–Crippen LogP) is 0.682. The molecule has 13 nitrogen and oxygen atoms in total. The van der Waals surface area contributed by atoms with Gasteiger partial charge >= 0.3 is 5.97 Å². The van der Waals surface area contributed by atoms with Crippen molar-refractivity contribution in [2.45, 2.75) is 32.4 Å². The highest BCUT2D eigenvalue weighted by Crippen LogP contribution is 2.07. The standard InChI is InChI=1S/C22H27N6O7P/c1-4-12-36-27-17(29)13-28-11-7-9-16(22(28)33)25-20(31)15(8-5-6-10-18(30)34-3)24-21(32)19-23-14(2)35-26-19/h4,6-7,9-11,15,36H,1,5,8,12-13H2,2-3H3,(H,24,32)(H,25,31)(H,27,29)/b10-6+/t15-/m0/s1. The maximum Gasteiger partial charge on any atom is 0.330 e. The van der Waals surface area contributed by atoms with Gasteiger partial charge in [0.25, 0.3) is 17.3 Å². The van der Waals surface area contributed by atoms with Crippen LogP contribution in [-0.4, -0.2) is 57.7 Å². The molecule has 3 amide bonds. The van der Waals surface area contributed by atoms with Crippen molar-refractivity contribution in [2.24, 2.45) is 0 Å². The molecule has 14 heteroatoms. The maximum absolute atomic E-state index is 13.0. The van der Waals surface area contributed by atoms with Crippen LogP contribution in [0.15, 0.2) is 52.5 Å². The molecule has 2 heterocycles. The van der Waals surface area contributed by atoms with Crippen molar-refractivity contribution in [3.05, 3.63) is 65.2 Å². The van der Waals surface area contributed by atoms with Gasteiger partial charge in [-0.2, -0.15) is 4.98 Å². The highest BCUT2D eigenvalue weighted by atomic mass is 31.1. The summed E-state index contributed by atoms with van der Waals surface area (Å²) in [5, 5.41) is 11.2. The number of methoxy groups -OCH3 is 1. The first kappa shape index (κ1) is 28.1. The van der Waals surface area contributed by atoms with Gasteiger partial charge in [-0.05, 0) is 33.7 Å². The normalized spacial score (nSPS) is 11.8. The lowest BCUT2D eigenvalue weighted by Gasteiger charge is -2.17. The van der Waals surface area contributed by atoms with Crippen LogP contribution in [0.25, 0.3) is 0 Å². The number of aromatic nitrogens is 3. The number of ether oxygens (including phenoxy) is 1. The summed E-state index contributed by atoms with van der Waals surface area (Å²) in [7, 11) is 1.37. The van der Waals surface area contributed by atoms with Crippen molar-refractivity contribution in [2.75, 3.05) is 18.6 Å². The van der Waals surface area contributed by atoms with E-state index in [1.165, 1.54) is 44.5 Å². The molecule has 192 valence electrons. The van der Waals surface area contributed by atoms with E-state index in [9.17, 15) is 24.0 Å². The van der Waals surface area contributed by atoms with E-state index in [0.717, 1.165) is 4.57 Å². The molecule has 0 radical (unpaired) electrons. The van der Waals surface area contributed by atoms with Crippen LogP contribution in [0.2, 0.25) is 0 Å². The van der Waals surface area contributed by atoms with E-state index in [1.807, 2.05) is 0 Å². The molecule has 0 aliphatic carbocycles. The molecule has 3 N–H and O–H groups in total. The first-order valence-electron chi connectivity index (χ1n) is 10.7. The minimum Gasteiger partial charge on any atom is -0.466 e. The van der Waals surface area contributed by atoms with Crippen molar-refractivity contribution in [3.8, 4) is 0 Å². The van der Waals surface area contributed by atoms with Crippen molar-refractivity contribution < 1.29 is 28.4 Å². The number of pyridine rings is 1. The topological polar surface area (TPSA) is 175 Å². The summed E-state index contributed by atoms with van der Waals surface area (Å²) >= 11 is 0. The molecule has 0 bridgehead atoms. The van der Waals surface area contributed by atoms with Crippen LogP contribution in [0.4, 0.5) is 5.69 Å². The quantitative estimate of drug-likeness (QED) is 0.113. The summed E-state index contributed by atoms with van der Waals surface area (Å²) in [5.74, 6) is -2.48. The first-order valence-corrected chi connectivity index (χ1v) is 11.9. The molecule has 0 saturated carbocycles. The van der Waals surface area contributed by atoms with Gasteiger partial charge < -0.3 is 29.5 Å². The molecule has 0 saturated heterocycles. The fraction of sp³-hybridized carbons (Fsp3) is 0.318. The second-order valence-electron chi connectivity index (χ2n) is 7.23. The smallest absolute Gasteiger partial charge is 0.330 e. The Balaban J connectivity index is 2.14. The molecular formula is C22H27N6O7P. The molecule has 0 aliphatic rings. The number of hydrogen-bond donors (Lipinski definition) is 3. The number of carbonyl (C=O) groups excluding carboxylic acids is 4. The highest BCUT2D eigenvalue weighted by molar-refractivity contribution is 7.36. The maximum atomic E-state index is 13.0. The lowest BCUT2D eigenvalue weighted by atomic mass is 10.1. The first-order chi connectivity index (χ1) is 17.2. The van der Waals surface area contributed by atoms with Crippen molar-refractivity contribution in [1.29, 1.82) is 0 Å². The molecule has 0 fully saturated rings. The second-order valence-corrected chi connectivity index (χ2v) is 8.24. The summed E-state index contributed by atoms with van der Waals surface area (Å²) in [6.07, 6.45) is 6.68. The van der Waals surface area contributed by atoms with Crippen LogP contribution in [0.1, 0.15) is 29.4 Å². The molecule has 1 unspecified atom stereocenters. The van der Waals surface area contributed by atoms with Crippen molar-refractivity contribution in [1.82, 2.24) is 25.1 Å². The fourth-order valence-electron chi connectivity index (χ4n) is 2.79. The molecule has 0 aliphatic heterocycles. The molecule has 2 atom stereocenters. The number of anilines is 1. The minimum absolute atomic E-state index is 0.0789. The number of amides is 3. The molecule has 36 heavy (non-hydrogen) atoms. The van der Waals surface area contributed by atoms with Gasteiger partial charge in [-0.15, -0.1) is 6.58 Å². The lowest BCUT2D eigenvalue weighted by molar-refractivity contribution is -0.134. The number of aryl methyl sites for hydroxylation is 1. The third-order valence-corrected chi connectivity index (χ3v) is 5.44. The van der Waals surface area contributed by atoms with E-state index in [-0.39, 0.29) is 51.4 Å². The largest absolute Gasteiger partial charge is 0.466 e. The Bertz CT molecular complexity index is 1190. The predicted molar refractivity (Wildman–Crippen MR) is 132 cm³/mol. The molecule has 2 aromatic rings. The number of nitrogens with one attached hydrogen (secondary N) is 3. The van der Waals surface area contributed by atoms with E-state index in [2.05, 4.69) is 37.2 Å². The Labute approximate surface area is 208 Å². The van der Waals surface area contributed by atoms with Crippen LogP contribution < -0.4 is 21.3 Å². The van der Waals surface area contributed by atoms with Gasteiger partial charge in [0.2, 0.25) is 17.7 Å². The third kappa shape index (κ3) is 8.91. The number of hydrogen-bond acceptors (Lipinski definition) is 9. The van der Waals surface area contributed by atoms with Gasteiger partial charge in [0.05, 0.1) is 7.11 Å². The van der Waals surface area contributed by atoms with Crippen LogP contribution in [0.3, 0.4) is 0 Å². The summed E-state index contributed by atoms with van der Waals surface area (Å²) in [5.41, 5.74) is -0.680. The zero-order valence-electron chi connectivity index (χ0n) is 19.8. The van der Waals surface area contributed by atoms with E-state index >= 15 is 0 Å². The van der Waals surface area contributed by atoms with E-state index < -0.39 is 29.4 Å². The van der Waals surface area contributed by atoms with Crippen LogP contribution >= 0.6 is 8.73 Å². The van der Waals surface area contributed by atoms with Crippen molar-refractivity contribution >= 4 is 38.1 Å². The lowest BCUT2D eigenvalue weighted by Crippen LogP contribution is -2.45. The summed E-state index contributed by atoms with van der Waals surface area (Å²) in [4.78, 5) is 65.4. The van der Waals surface area contributed by atoms with Gasteiger partial charge in [0.15, 0.2) is 0 Å². The van der Waals surface area contributed by atoms with E-state index in [0.29, 0.717) is 6.16 Å². The SMILES string of the molecule is C=CCPNC(=O)Cn1cccc(NC(=O)[C@H](CC/C=C/C(=O)OC)NC(=O)c2noc(C)n2)c1=O. The Morgan fingerprint density at radius 1 is 1.33 bits per heavy atom. The van der Waals surface area contributed by atoms with Crippen LogP contribution in [0.5, 0.6) is 0 Å². The number of rotatable bonds is 13. The average Bonchev–Trinajstić information content (AvgIpc) is 3.29. The molecule has 2 aromatic heterocycles. The fourth-order valence-corrected chi connectivity index (χ4v) is 3.31. The highest BCUT2D eigenvalue weighted by Gasteiger charge is 2.24. The summed E-state index contributed by atoms with van der Waals surface area (Å²) in [6, 6.07) is 1.77. The van der Waals surface area contributed by atoms with Crippen LogP contribution in [0, 0.1) is 6.92 Å². The Kier molecular flexibility index (Phi) is 11.2. The number of carbonyl (C=O) groups is 4. The van der Waals surface area contributed by atoms with Gasteiger partial charge in [-0.1, -0.05) is 17.3 Å². The van der Waals surface area contributed by atoms with Crippen molar-refractivity contribution in [3.63, 3.8) is 0 Å². The monoisotopic (exact) mass is 518 g/mol. The number of allylic oxidation sites excluding steroid dienone is 2. The molecule has 0 aromatic carbocycles. The average molecular weight is 518 g/mol. The Morgan fingerprint density at radius 2 is 2.11 bits per heavy atom. The molecule has 2 rings (SSSR count). The summed E-state index contributed by atoms with van der Waals surface area (Å²) < 4.78 is 10.5. The zero-order chi connectivity index (χ0) is 26.5. The molecular weight excluding hydrogens is 491 g/mol. The van der Waals surface area contributed by atoms with Gasteiger partial charge in [0, 0.05) is 25.4 Å². The van der Waals surface area contributed by atoms with Gasteiger partial charge in [0.1, 0.15) is 18.3 Å². The zero-order valence-corrected chi connectivity index (χ0v) is 20.8. The number of esters is 1. The summed E-state index contributed by atoms with van der Waals surface area (Å²) in [6.45, 7) is 4.85. The van der Waals surface area contributed by atoms with Crippen LogP contribution in [-0.2, 0) is 25.7 Å². The Morgan fingerprint density at radius 3 is 2.78 bits per heavy atom.